The molecule has 0 aliphatic carbocycles. The Hall–Kier alpha value is -5.03. The summed E-state index contributed by atoms with van der Waals surface area (Å²) in [6.07, 6.45) is 0.175. The van der Waals surface area contributed by atoms with Gasteiger partial charge in [0.05, 0.1) is 23.4 Å². The summed E-state index contributed by atoms with van der Waals surface area (Å²) in [4.78, 5) is 39.4. The molecule has 0 spiro atoms. The third-order valence-electron chi connectivity index (χ3n) is 6.33. The summed E-state index contributed by atoms with van der Waals surface area (Å²) >= 11 is 0. The standard InChI is InChI=1S/C33H26N2O3/c1-22-15-18-30(28(19-22)32(37)25-10-3-2-4-11-25)35-33(38)27-13-7-8-14-29(27)34-31(36)21-23-16-17-24-9-5-6-12-26(24)20-23/h2-20H,21H2,1H3,(H,34,36)(H,35,38). The van der Waals surface area contributed by atoms with Crippen LogP contribution in [0, 0.1) is 6.92 Å². The second-order valence-electron chi connectivity index (χ2n) is 9.15. The van der Waals surface area contributed by atoms with Crippen LogP contribution in [0.15, 0.2) is 115 Å². The summed E-state index contributed by atoms with van der Waals surface area (Å²) in [5, 5.41) is 7.93. The second kappa shape index (κ2) is 10.9. The van der Waals surface area contributed by atoms with Gasteiger partial charge in [0.25, 0.3) is 5.91 Å². The zero-order valence-corrected chi connectivity index (χ0v) is 20.9. The summed E-state index contributed by atoms with van der Waals surface area (Å²) in [5.41, 5.74) is 3.84. The van der Waals surface area contributed by atoms with Crippen molar-refractivity contribution in [3.05, 3.63) is 143 Å². The van der Waals surface area contributed by atoms with Crippen molar-refractivity contribution in [1.82, 2.24) is 0 Å². The molecule has 0 saturated heterocycles. The van der Waals surface area contributed by atoms with Gasteiger partial charge in [0.15, 0.2) is 5.78 Å². The van der Waals surface area contributed by atoms with Crippen molar-refractivity contribution in [3.8, 4) is 0 Å². The van der Waals surface area contributed by atoms with Gasteiger partial charge >= 0.3 is 0 Å². The van der Waals surface area contributed by atoms with Crippen LogP contribution in [0.4, 0.5) is 11.4 Å². The van der Waals surface area contributed by atoms with E-state index in [0.717, 1.165) is 21.9 Å². The summed E-state index contributed by atoms with van der Waals surface area (Å²) < 4.78 is 0. The highest BCUT2D eigenvalue weighted by atomic mass is 16.2. The van der Waals surface area contributed by atoms with E-state index in [-0.39, 0.29) is 18.1 Å². The average Bonchev–Trinajstić information content (AvgIpc) is 2.94. The van der Waals surface area contributed by atoms with Crippen LogP contribution in [0.25, 0.3) is 10.8 Å². The van der Waals surface area contributed by atoms with Crippen LogP contribution in [0.5, 0.6) is 0 Å². The van der Waals surface area contributed by atoms with E-state index in [9.17, 15) is 14.4 Å². The minimum absolute atomic E-state index is 0.175. The summed E-state index contributed by atoms with van der Waals surface area (Å²) in [6, 6.07) is 35.0. The molecular weight excluding hydrogens is 472 g/mol. The lowest BCUT2D eigenvalue weighted by Crippen LogP contribution is -2.20. The largest absolute Gasteiger partial charge is 0.325 e. The fourth-order valence-corrected chi connectivity index (χ4v) is 4.41. The minimum Gasteiger partial charge on any atom is -0.325 e. The number of para-hydroxylation sites is 1. The molecule has 0 heterocycles. The van der Waals surface area contributed by atoms with Crippen molar-refractivity contribution < 1.29 is 14.4 Å². The fraction of sp³-hybridized carbons (Fsp3) is 0.0606. The van der Waals surface area contributed by atoms with Gasteiger partial charge in [-0.05, 0) is 47.5 Å². The van der Waals surface area contributed by atoms with Gasteiger partial charge in [0.2, 0.25) is 5.91 Å². The Labute approximate surface area is 221 Å². The Bertz CT molecular complexity index is 1660. The number of fused-ring (bicyclic) bond motifs is 1. The maximum absolute atomic E-state index is 13.3. The molecule has 0 saturated carbocycles. The molecule has 38 heavy (non-hydrogen) atoms. The van der Waals surface area contributed by atoms with E-state index < -0.39 is 5.91 Å². The van der Waals surface area contributed by atoms with Gasteiger partial charge < -0.3 is 10.6 Å². The van der Waals surface area contributed by atoms with Crippen LogP contribution in [-0.4, -0.2) is 17.6 Å². The van der Waals surface area contributed by atoms with Gasteiger partial charge in [0.1, 0.15) is 0 Å². The molecule has 5 rings (SSSR count). The predicted molar refractivity (Wildman–Crippen MR) is 152 cm³/mol. The molecule has 0 fully saturated rings. The molecule has 5 heteroatoms. The lowest BCUT2D eigenvalue weighted by atomic mass is 9.99. The highest BCUT2D eigenvalue weighted by Crippen LogP contribution is 2.24. The third-order valence-corrected chi connectivity index (χ3v) is 6.33. The molecule has 0 bridgehead atoms. The first-order chi connectivity index (χ1) is 18.5. The van der Waals surface area contributed by atoms with E-state index >= 15 is 0 Å². The van der Waals surface area contributed by atoms with E-state index in [1.165, 1.54) is 0 Å². The Kier molecular flexibility index (Phi) is 7.09. The molecule has 0 aromatic heterocycles. The van der Waals surface area contributed by atoms with Crippen LogP contribution in [0.3, 0.4) is 0 Å². The van der Waals surface area contributed by atoms with Gasteiger partial charge in [-0.2, -0.15) is 0 Å². The van der Waals surface area contributed by atoms with Crippen molar-refractivity contribution in [2.24, 2.45) is 0 Å². The predicted octanol–water partition coefficient (Wildman–Crippen LogP) is 6.81. The van der Waals surface area contributed by atoms with Crippen LogP contribution in [0.2, 0.25) is 0 Å². The number of rotatable bonds is 7. The number of hydrogen-bond acceptors (Lipinski definition) is 3. The molecule has 5 nitrogen and oxygen atoms in total. The lowest BCUT2D eigenvalue weighted by molar-refractivity contribution is -0.115. The Morgan fingerprint density at radius 3 is 2.11 bits per heavy atom. The molecule has 0 radical (unpaired) electrons. The molecule has 5 aromatic rings. The number of amides is 2. The number of hydrogen-bond donors (Lipinski definition) is 2. The first kappa shape index (κ1) is 24.7. The smallest absolute Gasteiger partial charge is 0.257 e. The van der Waals surface area contributed by atoms with Crippen LogP contribution < -0.4 is 10.6 Å². The van der Waals surface area contributed by atoms with Crippen LogP contribution >= 0.6 is 0 Å². The maximum Gasteiger partial charge on any atom is 0.257 e. The molecule has 0 aliphatic rings. The van der Waals surface area contributed by atoms with Crippen molar-refractivity contribution in [2.45, 2.75) is 13.3 Å². The van der Waals surface area contributed by atoms with Gasteiger partial charge in [0, 0.05) is 11.1 Å². The SMILES string of the molecule is Cc1ccc(NC(=O)c2ccccc2NC(=O)Cc2ccc3ccccc3c2)c(C(=O)c2ccccc2)c1. The summed E-state index contributed by atoms with van der Waals surface area (Å²) in [6.45, 7) is 1.90. The van der Waals surface area contributed by atoms with Crippen LogP contribution in [-0.2, 0) is 11.2 Å². The lowest BCUT2D eigenvalue weighted by Gasteiger charge is -2.14. The number of ketones is 1. The monoisotopic (exact) mass is 498 g/mol. The molecule has 0 atom stereocenters. The first-order valence-corrected chi connectivity index (χ1v) is 12.4. The second-order valence-corrected chi connectivity index (χ2v) is 9.15. The summed E-state index contributed by atoms with van der Waals surface area (Å²) in [5.74, 6) is -0.824. The first-order valence-electron chi connectivity index (χ1n) is 12.4. The molecule has 186 valence electrons. The van der Waals surface area contributed by atoms with E-state index in [1.807, 2.05) is 61.5 Å². The van der Waals surface area contributed by atoms with Gasteiger partial charge in [-0.3, -0.25) is 14.4 Å². The van der Waals surface area contributed by atoms with E-state index in [2.05, 4.69) is 10.6 Å². The minimum atomic E-state index is -0.419. The average molecular weight is 499 g/mol. The number of aryl methyl sites for hydroxylation is 1. The van der Waals surface area contributed by atoms with Crippen molar-refractivity contribution in [1.29, 1.82) is 0 Å². The number of nitrogens with one attached hydrogen (secondary N) is 2. The number of anilines is 2. The molecule has 0 aliphatic heterocycles. The number of benzene rings is 5. The zero-order valence-electron chi connectivity index (χ0n) is 20.9. The van der Waals surface area contributed by atoms with Gasteiger partial charge in [-0.25, -0.2) is 0 Å². The van der Waals surface area contributed by atoms with Gasteiger partial charge in [-0.1, -0.05) is 96.6 Å². The number of carbonyl (C=O) groups excluding carboxylic acids is 3. The molecule has 0 unspecified atom stereocenters. The van der Waals surface area contributed by atoms with E-state index in [4.69, 9.17) is 0 Å². The normalized spacial score (nSPS) is 10.7. The maximum atomic E-state index is 13.3. The molecule has 2 amide bonds. The Balaban J connectivity index is 1.35. The van der Waals surface area contributed by atoms with E-state index in [1.54, 1.807) is 60.7 Å². The van der Waals surface area contributed by atoms with Crippen molar-refractivity contribution >= 4 is 39.7 Å². The number of carbonyl (C=O) groups is 3. The topological polar surface area (TPSA) is 75.3 Å². The molecule has 5 aromatic carbocycles. The van der Waals surface area contributed by atoms with E-state index in [0.29, 0.717) is 28.1 Å². The van der Waals surface area contributed by atoms with Crippen LogP contribution in [0.1, 0.15) is 37.4 Å². The van der Waals surface area contributed by atoms with Gasteiger partial charge in [-0.15, -0.1) is 0 Å². The third kappa shape index (κ3) is 5.52. The quantitative estimate of drug-likeness (QED) is 0.242. The highest BCUT2D eigenvalue weighted by Gasteiger charge is 2.18. The zero-order chi connectivity index (χ0) is 26.5. The van der Waals surface area contributed by atoms with Crippen molar-refractivity contribution in [3.63, 3.8) is 0 Å². The van der Waals surface area contributed by atoms with Crippen molar-refractivity contribution in [2.75, 3.05) is 10.6 Å². The highest BCUT2D eigenvalue weighted by molar-refractivity contribution is 6.16. The Morgan fingerprint density at radius 2 is 1.29 bits per heavy atom. The molecule has 2 N–H and O–H groups in total. The summed E-state index contributed by atoms with van der Waals surface area (Å²) in [7, 11) is 0. The Morgan fingerprint density at radius 1 is 0.605 bits per heavy atom. The molecular formula is C33H26N2O3. The fourth-order valence-electron chi connectivity index (χ4n) is 4.41.